The van der Waals surface area contributed by atoms with Crippen molar-refractivity contribution in [2.75, 3.05) is 0 Å². The first kappa shape index (κ1) is 16.9. The molecule has 24 heavy (non-hydrogen) atoms. The molecule has 0 saturated carbocycles. The molecule has 2 aromatic rings. The first-order chi connectivity index (χ1) is 11.3. The van der Waals surface area contributed by atoms with Crippen molar-refractivity contribution < 1.29 is 22.0 Å². The highest BCUT2D eigenvalue weighted by atomic mass is 19.3. The van der Waals surface area contributed by atoms with Crippen LogP contribution in [0.2, 0.25) is 0 Å². The van der Waals surface area contributed by atoms with Gasteiger partial charge in [0.25, 0.3) is 0 Å². The van der Waals surface area contributed by atoms with Crippen LogP contribution in [0.5, 0.6) is 0 Å². The molecule has 0 heterocycles. The molecule has 0 unspecified atom stereocenters. The molecule has 1 aliphatic rings. The molecule has 0 saturated heterocycles. The Morgan fingerprint density at radius 1 is 0.958 bits per heavy atom. The lowest BCUT2D eigenvalue weighted by Gasteiger charge is -2.33. The Morgan fingerprint density at radius 2 is 1.62 bits per heavy atom. The van der Waals surface area contributed by atoms with Crippen molar-refractivity contribution >= 4 is 0 Å². The summed E-state index contributed by atoms with van der Waals surface area (Å²) in [7, 11) is 0. The van der Waals surface area contributed by atoms with E-state index in [1.165, 1.54) is 6.07 Å². The van der Waals surface area contributed by atoms with Gasteiger partial charge in [0.2, 0.25) is 0 Å². The van der Waals surface area contributed by atoms with Crippen molar-refractivity contribution in [1.82, 2.24) is 0 Å². The quantitative estimate of drug-likeness (QED) is 0.591. The number of rotatable bonds is 3. The van der Waals surface area contributed by atoms with Gasteiger partial charge in [0.15, 0.2) is 0 Å². The summed E-state index contributed by atoms with van der Waals surface area (Å²) in [5.74, 6) is -9.97. The minimum absolute atomic E-state index is 0.0430. The number of alkyl halides is 4. The molecule has 0 nitrogen and oxygen atoms in total. The first-order valence-corrected chi connectivity index (χ1v) is 7.94. The van der Waals surface area contributed by atoms with Crippen LogP contribution in [0.25, 0.3) is 11.1 Å². The normalized spacial score (nSPS) is 18.2. The van der Waals surface area contributed by atoms with Gasteiger partial charge >= 0.3 is 11.8 Å². The minimum Gasteiger partial charge on any atom is -0.206 e. The molecule has 0 spiro atoms. The zero-order chi connectivity index (χ0) is 17.5. The summed E-state index contributed by atoms with van der Waals surface area (Å²) < 4.78 is 69.0. The Labute approximate surface area is 137 Å². The second-order valence-electron chi connectivity index (χ2n) is 6.22. The second kappa shape index (κ2) is 5.87. The Hall–Kier alpha value is -1.91. The number of halogens is 5. The Bertz CT molecular complexity index is 747. The summed E-state index contributed by atoms with van der Waals surface area (Å²) in [6.07, 6.45) is 0.665. The van der Waals surface area contributed by atoms with E-state index in [1.807, 2.05) is 12.1 Å². The van der Waals surface area contributed by atoms with Gasteiger partial charge in [-0.05, 0) is 41.2 Å². The van der Waals surface area contributed by atoms with Crippen LogP contribution in [0, 0.1) is 5.82 Å². The van der Waals surface area contributed by atoms with Crippen molar-refractivity contribution in [2.24, 2.45) is 0 Å². The molecule has 0 fully saturated rings. The maximum absolute atomic E-state index is 14.2. The van der Waals surface area contributed by atoms with Gasteiger partial charge in [-0.25, -0.2) is 4.39 Å². The summed E-state index contributed by atoms with van der Waals surface area (Å²) in [6.45, 7) is 2.06. The first-order valence-electron chi connectivity index (χ1n) is 7.94. The van der Waals surface area contributed by atoms with E-state index in [0.717, 1.165) is 24.5 Å². The Kier molecular flexibility index (Phi) is 4.14. The number of benzene rings is 2. The molecule has 0 radical (unpaired) electrons. The van der Waals surface area contributed by atoms with Gasteiger partial charge in [-0.15, -0.1) is 0 Å². The van der Waals surface area contributed by atoms with Crippen LogP contribution >= 0.6 is 0 Å². The van der Waals surface area contributed by atoms with Gasteiger partial charge in [0.05, 0.1) is 5.56 Å². The maximum atomic E-state index is 14.2. The highest BCUT2D eigenvalue weighted by molar-refractivity contribution is 5.66. The number of hydrogen-bond acceptors (Lipinski definition) is 0. The van der Waals surface area contributed by atoms with Crippen LogP contribution in [-0.4, -0.2) is 5.92 Å². The molecule has 128 valence electrons. The molecule has 0 N–H and O–H groups in total. The van der Waals surface area contributed by atoms with Crippen molar-refractivity contribution in [3.8, 4) is 11.1 Å². The summed E-state index contributed by atoms with van der Waals surface area (Å²) in [6, 6.07) is 9.71. The second-order valence-corrected chi connectivity index (χ2v) is 6.22. The standard InChI is InChI=1S/C19H17F5/c1-2-3-12-4-6-13(7-5-12)15-10-14-8-9-18(21,22)19(23,24)17(14)16(20)11-15/h4-7,10-11H,2-3,8-9H2,1H3. The van der Waals surface area contributed by atoms with Crippen molar-refractivity contribution in [3.63, 3.8) is 0 Å². The van der Waals surface area contributed by atoms with Crippen LogP contribution < -0.4 is 0 Å². The fourth-order valence-corrected chi connectivity index (χ4v) is 3.16. The highest BCUT2D eigenvalue weighted by Gasteiger charge is 2.61. The lowest BCUT2D eigenvalue weighted by atomic mass is 9.83. The van der Waals surface area contributed by atoms with E-state index in [4.69, 9.17) is 0 Å². The zero-order valence-electron chi connectivity index (χ0n) is 13.2. The van der Waals surface area contributed by atoms with Gasteiger partial charge < -0.3 is 0 Å². The number of fused-ring (bicyclic) bond motifs is 1. The zero-order valence-corrected chi connectivity index (χ0v) is 13.2. The minimum atomic E-state index is -4.48. The van der Waals surface area contributed by atoms with Gasteiger partial charge in [-0.2, -0.15) is 17.6 Å². The molecule has 1 aliphatic carbocycles. The van der Waals surface area contributed by atoms with Crippen molar-refractivity contribution in [3.05, 3.63) is 58.9 Å². The largest absolute Gasteiger partial charge is 0.338 e. The fraction of sp³-hybridized carbons (Fsp3) is 0.368. The number of aryl methyl sites for hydroxylation is 2. The molecule has 0 aliphatic heterocycles. The Balaban J connectivity index is 2.04. The molecular formula is C19H17F5. The van der Waals surface area contributed by atoms with E-state index in [2.05, 4.69) is 6.92 Å². The third-order valence-corrected chi connectivity index (χ3v) is 4.48. The molecular weight excluding hydrogens is 323 g/mol. The monoisotopic (exact) mass is 340 g/mol. The topological polar surface area (TPSA) is 0 Å². The molecule has 5 heteroatoms. The van der Waals surface area contributed by atoms with E-state index in [1.54, 1.807) is 12.1 Å². The number of hydrogen-bond donors (Lipinski definition) is 0. The highest BCUT2D eigenvalue weighted by Crippen LogP contribution is 2.51. The smallest absolute Gasteiger partial charge is 0.206 e. The van der Waals surface area contributed by atoms with E-state index in [-0.39, 0.29) is 12.0 Å². The van der Waals surface area contributed by atoms with Crippen LogP contribution in [0.3, 0.4) is 0 Å². The lowest BCUT2D eigenvalue weighted by molar-refractivity contribution is -0.226. The average Bonchev–Trinajstić information content (AvgIpc) is 2.52. The van der Waals surface area contributed by atoms with E-state index >= 15 is 0 Å². The fourth-order valence-electron chi connectivity index (χ4n) is 3.16. The van der Waals surface area contributed by atoms with Crippen LogP contribution in [0.4, 0.5) is 22.0 Å². The van der Waals surface area contributed by atoms with Gasteiger partial charge in [0.1, 0.15) is 5.82 Å². The third kappa shape index (κ3) is 2.70. The third-order valence-electron chi connectivity index (χ3n) is 4.48. The molecule has 0 amide bonds. The predicted octanol–water partition coefficient (Wildman–Crippen LogP) is 6.12. The van der Waals surface area contributed by atoms with Crippen molar-refractivity contribution in [2.45, 2.75) is 44.5 Å². The van der Waals surface area contributed by atoms with Gasteiger partial charge in [-0.1, -0.05) is 43.7 Å². The predicted molar refractivity (Wildman–Crippen MR) is 83.0 cm³/mol. The Morgan fingerprint density at radius 3 is 2.25 bits per heavy atom. The molecule has 0 bridgehead atoms. The van der Waals surface area contributed by atoms with Crippen LogP contribution in [-0.2, 0) is 18.8 Å². The van der Waals surface area contributed by atoms with E-state index < -0.39 is 29.6 Å². The summed E-state index contributed by atoms with van der Waals surface area (Å²) >= 11 is 0. The maximum Gasteiger partial charge on any atom is 0.338 e. The SMILES string of the molecule is CCCc1ccc(-c2cc(F)c3c(c2)CCC(F)(F)C3(F)F)cc1. The molecule has 0 atom stereocenters. The van der Waals surface area contributed by atoms with E-state index in [9.17, 15) is 22.0 Å². The van der Waals surface area contributed by atoms with Gasteiger partial charge in [-0.3, -0.25) is 0 Å². The average molecular weight is 340 g/mol. The van der Waals surface area contributed by atoms with Crippen molar-refractivity contribution in [1.29, 1.82) is 0 Å². The van der Waals surface area contributed by atoms with Crippen LogP contribution in [0.15, 0.2) is 36.4 Å². The van der Waals surface area contributed by atoms with E-state index in [0.29, 0.717) is 11.1 Å². The van der Waals surface area contributed by atoms with Crippen LogP contribution in [0.1, 0.15) is 36.5 Å². The molecule has 3 rings (SSSR count). The summed E-state index contributed by atoms with van der Waals surface area (Å²) in [5, 5.41) is 0. The lowest BCUT2D eigenvalue weighted by Crippen LogP contribution is -2.43. The molecule has 0 aromatic heterocycles. The van der Waals surface area contributed by atoms with Gasteiger partial charge in [0, 0.05) is 6.42 Å². The summed E-state index contributed by atoms with van der Waals surface area (Å²) in [4.78, 5) is 0. The summed E-state index contributed by atoms with van der Waals surface area (Å²) in [5.41, 5.74) is 1.03. The molecule has 2 aromatic carbocycles.